The average Bonchev–Trinajstić information content (AvgIpc) is 2.44. The zero-order valence-electron chi connectivity index (χ0n) is 15.6. The predicted molar refractivity (Wildman–Crippen MR) is 101 cm³/mol. The molecule has 0 bridgehead atoms. The number of fused-ring (bicyclic) bond motifs is 2. The third-order valence-corrected chi connectivity index (χ3v) is 5.15. The van der Waals surface area contributed by atoms with Gasteiger partial charge in [-0.25, -0.2) is 0 Å². The highest BCUT2D eigenvalue weighted by Gasteiger charge is 2.28. The van der Waals surface area contributed by atoms with Gasteiger partial charge in [-0.2, -0.15) is 0 Å². The molecule has 0 aliphatic carbocycles. The summed E-state index contributed by atoms with van der Waals surface area (Å²) in [5.41, 5.74) is 11.3. The summed E-state index contributed by atoms with van der Waals surface area (Å²) < 4.78 is 0. The molecule has 1 nitrogen and oxygen atoms in total. The van der Waals surface area contributed by atoms with Crippen molar-refractivity contribution >= 4 is 11.4 Å². The van der Waals surface area contributed by atoms with Crippen LogP contribution in [0.2, 0.25) is 0 Å². The predicted octanol–water partition coefficient (Wildman–Crippen LogP) is 6.51. The van der Waals surface area contributed by atoms with E-state index < -0.39 is 0 Å². The van der Waals surface area contributed by atoms with Crippen molar-refractivity contribution in [3.05, 3.63) is 57.6 Å². The van der Waals surface area contributed by atoms with Crippen LogP contribution < -0.4 is 5.32 Å². The number of aryl methyl sites for hydroxylation is 3. The van der Waals surface area contributed by atoms with Gasteiger partial charge < -0.3 is 5.32 Å². The molecule has 0 radical (unpaired) electrons. The Morgan fingerprint density at radius 2 is 1.43 bits per heavy atom. The second kappa shape index (κ2) is 5.40. The van der Waals surface area contributed by atoms with Gasteiger partial charge in [0.05, 0.1) is 0 Å². The van der Waals surface area contributed by atoms with Crippen molar-refractivity contribution in [3.8, 4) is 0 Å². The van der Waals surface area contributed by atoms with Crippen LogP contribution in [0, 0.1) is 20.8 Å². The van der Waals surface area contributed by atoms with E-state index in [1.807, 2.05) is 0 Å². The molecule has 0 fully saturated rings. The van der Waals surface area contributed by atoms with Gasteiger partial charge in [-0.05, 0) is 60.4 Å². The molecular weight excluding hydrogens is 278 g/mol. The third kappa shape index (κ3) is 2.67. The molecule has 1 aliphatic rings. The van der Waals surface area contributed by atoms with E-state index >= 15 is 0 Å². The summed E-state index contributed by atoms with van der Waals surface area (Å²) in [6.07, 6.45) is 1.14. The molecule has 1 atom stereocenters. The number of rotatable bonds is 1. The summed E-state index contributed by atoms with van der Waals surface area (Å²) in [6, 6.07) is 9.44. The van der Waals surface area contributed by atoms with Crippen LogP contribution >= 0.6 is 0 Å². The molecule has 0 saturated carbocycles. The highest BCUT2D eigenvalue weighted by Crippen LogP contribution is 2.47. The molecule has 3 rings (SSSR count). The van der Waals surface area contributed by atoms with E-state index in [4.69, 9.17) is 0 Å². The first-order valence-electron chi connectivity index (χ1n) is 8.75. The van der Waals surface area contributed by atoms with E-state index in [2.05, 4.69) is 78.0 Å². The molecule has 1 heteroatoms. The van der Waals surface area contributed by atoms with Crippen LogP contribution in [0.4, 0.5) is 11.4 Å². The van der Waals surface area contributed by atoms with E-state index in [1.54, 1.807) is 0 Å². The van der Waals surface area contributed by atoms with Crippen molar-refractivity contribution in [3.63, 3.8) is 0 Å². The first-order valence-corrected chi connectivity index (χ1v) is 8.75. The Hall–Kier alpha value is -1.76. The van der Waals surface area contributed by atoms with Gasteiger partial charge in [0.1, 0.15) is 0 Å². The van der Waals surface area contributed by atoms with Crippen molar-refractivity contribution in [1.82, 2.24) is 0 Å². The van der Waals surface area contributed by atoms with E-state index in [-0.39, 0.29) is 5.41 Å². The van der Waals surface area contributed by atoms with Crippen LogP contribution in [0.5, 0.6) is 0 Å². The van der Waals surface area contributed by atoms with Crippen LogP contribution in [-0.2, 0) is 5.41 Å². The van der Waals surface area contributed by atoms with Gasteiger partial charge in [0.2, 0.25) is 0 Å². The monoisotopic (exact) mass is 307 g/mol. The van der Waals surface area contributed by atoms with Gasteiger partial charge >= 0.3 is 0 Å². The fourth-order valence-corrected chi connectivity index (χ4v) is 3.87. The molecule has 0 spiro atoms. The molecule has 23 heavy (non-hydrogen) atoms. The largest absolute Gasteiger partial charge is 0.355 e. The Kier molecular flexibility index (Phi) is 3.78. The van der Waals surface area contributed by atoms with Crippen molar-refractivity contribution in [2.75, 3.05) is 5.32 Å². The number of anilines is 2. The lowest BCUT2D eigenvalue weighted by molar-refractivity contribution is 0.587. The fraction of sp³-hybridized carbons (Fsp3) is 0.455. The van der Waals surface area contributed by atoms with Crippen molar-refractivity contribution in [2.45, 2.75) is 66.2 Å². The Bertz CT molecular complexity index is 763. The molecule has 0 saturated heterocycles. The molecule has 1 unspecified atom stereocenters. The van der Waals surface area contributed by atoms with E-state index in [9.17, 15) is 0 Å². The second-order valence-corrected chi connectivity index (χ2v) is 8.14. The number of hydrogen-bond acceptors (Lipinski definition) is 1. The fourth-order valence-electron chi connectivity index (χ4n) is 3.87. The minimum Gasteiger partial charge on any atom is -0.355 e. The minimum atomic E-state index is 0.181. The summed E-state index contributed by atoms with van der Waals surface area (Å²) in [4.78, 5) is 0. The van der Waals surface area contributed by atoms with E-state index in [0.717, 1.165) is 6.42 Å². The Balaban J connectivity index is 2.25. The topological polar surface area (TPSA) is 12.0 Å². The zero-order valence-corrected chi connectivity index (χ0v) is 15.6. The normalized spacial score (nSPS) is 16.6. The molecule has 1 aliphatic heterocycles. The van der Waals surface area contributed by atoms with Gasteiger partial charge in [-0.3, -0.25) is 0 Å². The van der Waals surface area contributed by atoms with Crippen molar-refractivity contribution < 1.29 is 0 Å². The quantitative estimate of drug-likeness (QED) is 0.633. The SMILES string of the molecule is CCC1c2cc(C)cc(C)c2Nc2c(C)cc(C(C)(C)C)cc21. The van der Waals surface area contributed by atoms with Crippen LogP contribution in [-0.4, -0.2) is 0 Å². The summed E-state index contributed by atoms with van der Waals surface area (Å²) in [5.74, 6) is 0.487. The smallest absolute Gasteiger partial charge is 0.0453 e. The standard InChI is InChI=1S/C22H29N/c1-8-17-18-10-13(2)9-14(3)20(18)23-21-15(4)11-16(12-19(17)21)22(5,6)7/h9-12,17,23H,8H2,1-7H3. The number of benzene rings is 2. The average molecular weight is 307 g/mol. The summed E-state index contributed by atoms with van der Waals surface area (Å²) in [5, 5.41) is 3.75. The first kappa shape index (κ1) is 16.1. The highest BCUT2D eigenvalue weighted by atomic mass is 14.9. The molecular formula is C22H29N. The van der Waals surface area contributed by atoms with Crippen LogP contribution in [0.3, 0.4) is 0 Å². The Morgan fingerprint density at radius 1 is 0.870 bits per heavy atom. The molecule has 1 N–H and O–H groups in total. The summed E-state index contributed by atoms with van der Waals surface area (Å²) in [6.45, 7) is 15.9. The van der Waals surface area contributed by atoms with Crippen molar-refractivity contribution in [2.24, 2.45) is 0 Å². The summed E-state index contributed by atoms with van der Waals surface area (Å²) >= 11 is 0. The minimum absolute atomic E-state index is 0.181. The van der Waals surface area contributed by atoms with E-state index in [0.29, 0.717) is 5.92 Å². The first-order chi connectivity index (χ1) is 10.7. The second-order valence-electron chi connectivity index (χ2n) is 8.14. The van der Waals surface area contributed by atoms with Crippen LogP contribution in [0.25, 0.3) is 0 Å². The molecule has 0 amide bonds. The summed E-state index contributed by atoms with van der Waals surface area (Å²) in [7, 11) is 0. The van der Waals surface area contributed by atoms with Crippen molar-refractivity contribution in [1.29, 1.82) is 0 Å². The van der Waals surface area contributed by atoms with Gasteiger partial charge in [-0.15, -0.1) is 0 Å². The molecule has 1 heterocycles. The number of hydrogen-bond donors (Lipinski definition) is 1. The lowest BCUT2D eigenvalue weighted by Gasteiger charge is -2.33. The van der Waals surface area contributed by atoms with Crippen LogP contribution in [0.15, 0.2) is 24.3 Å². The van der Waals surface area contributed by atoms with E-state index in [1.165, 1.54) is 44.8 Å². The van der Waals surface area contributed by atoms with Crippen LogP contribution in [0.1, 0.15) is 73.4 Å². The number of nitrogens with one attached hydrogen (secondary N) is 1. The zero-order chi connectivity index (χ0) is 16.9. The van der Waals surface area contributed by atoms with Gasteiger partial charge in [0.15, 0.2) is 0 Å². The maximum absolute atomic E-state index is 3.75. The van der Waals surface area contributed by atoms with Gasteiger partial charge in [-0.1, -0.05) is 57.5 Å². The molecule has 122 valence electrons. The Labute approximate surface area is 141 Å². The van der Waals surface area contributed by atoms with Gasteiger partial charge in [0, 0.05) is 17.3 Å². The maximum Gasteiger partial charge on any atom is 0.0453 e. The maximum atomic E-state index is 3.75. The Morgan fingerprint density at radius 3 is 2.00 bits per heavy atom. The molecule has 0 aromatic heterocycles. The lowest BCUT2D eigenvalue weighted by Crippen LogP contribution is -2.18. The van der Waals surface area contributed by atoms with Gasteiger partial charge in [0.25, 0.3) is 0 Å². The molecule has 2 aromatic carbocycles. The highest BCUT2D eigenvalue weighted by molar-refractivity contribution is 5.79. The lowest BCUT2D eigenvalue weighted by atomic mass is 9.77. The third-order valence-electron chi connectivity index (χ3n) is 5.15. The molecule has 2 aromatic rings.